The molecule has 0 saturated heterocycles. The van der Waals surface area contributed by atoms with Crippen molar-refractivity contribution in [2.24, 2.45) is 0 Å². The van der Waals surface area contributed by atoms with E-state index in [0.29, 0.717) is 11.4 Å². The Hall–Kier alpha value is -4.08. The number of tetrazole rings is 1. The minimum absolute atomic E-state index is 0.232. The second-order valence-corrected chi connectivity index (χ2v) is 6.45. The number of nitrogens with one attached hydrogen (secondary N) is 2. The van der Waals surface area contributed by atoms with Crippen molar-refractivity contribution in [3.63, 3.8) is 0 Å². The number of aromatic nitrogens is 4. The number of hydrogen-bond acceptors (Lipinski definition) is 7. The summed E-state index contributed by atoms with van der Waals surface area (Å²) in [6, 6.07) is 11.9. The molecule has 2 N–H and O–H groups in total. The highest BCUT2D eigenvalue weighted by Crippen LogP contribution is 2.17. The van der Waals surface area contributed by atoms with E-state index in [1.54, 1.807) is 18.2 Å². The average molecular weight is 408 g/mol. The molecule has 0 saturated carbocycles. The Kier molecular flexibility index (Phi) is 6.48. The van der Waals surface area contributed by atoms with Crippen LogP contribution in [0.2, 0.25) is 0 Å². The van der Waals surface area contributed by atoms with Crippen molar-refractivity contribution < 1.29 is 19.1 Å². The molecular weight excluding hydrogens is 388 g/mol. The highest BCUT2D eigenvalue weighted by atomic mass is 16.5. The van der Waals surface area contributed by atoms with Crippen LogP contribution in [0.4, 0.5) is 5.69 Å². The van der Waals surface area contributed by atoms with Crippen LogP contribution >= 0.6 is 0 Å². The largest absolute Gasteiger partial charge is 0.452 e. The molecule has 0 aliphatic carbocycles. The fourth-order valence-corrected chi connectivity index (χ4v) is 2.56. The SMILES string of the molecule is Cc1cccc(NC(=O)CNC(=O)COC(=O)c2ccc(-n3cnnn3)cc2)c1C. The Balaban J connectivity index is 1.43. The van der Waals surface area contributed by atoms with Gasteiger partial charge in [0.2, 0.25) is 5.91 Å². The van der Waals surface area contributed by atoms with Gasteiger partial charge < -0.3 is 15.4 Å². The van der Waals surface area contributed by atoms with Gasteiger partial charge in [-0.15, -0.1) is 5.10 Å². The topological polar surface area (TPSA) is 128 Å². The lowest BCUT2D eigenvalue weighted by Gasteiger charge is -2.11. The fraction of sp³-hybridized carbons (Fsp3) is 0.200. The van der Waals surface area contributed by atoms with Crippen LogP contribution in [0.3, 0.4) is 0 Å². The number of aryl methyl sites for hydroxylation is 1. The molecule has 0 radical (unpaired) electrons. The number of amides is 2. The summed E-state index contributed by atoms with van der Waals surface area (Å²) in [5, 5.41) is 16.0. The molecule has 1 heterocycles. The molecule has 0 atom stereocenters. The van der Waals surface area contributed by atoms with Gasteiger partial charge in [-0.2, -0.15) is 0 Å². The minimum atomic E-state index is -0.659. The van der Waals surface area contributed by atoms with Gasteiger partial charge >= 0.3 is 5.97 Å². The van der Waals surface area contributed by atoms with Crippen molar-refractivity contribution in [3.8, 4) is 5.69 Å². The molecule has 30 heavy (non-hydrogen) atoms. The van der Waals surface area contributed by atoms with E-state index in [1.807, 2.05) is 26.0 Å². The molecule has 2 aromatic carbocycles. The summed E-state index contributed by atoms with van der Waals surface area (Å²) in [5.74, 6) is -1.61. The predicted octanol–water partition coefficient (Wildman–Crippen LogP) is 1.19. The van der Waals surface area contributed by atoms with Crippen LogP contribution in [0.25, 0.3) is 5.69 Å². The van der Waals surface area contributed by atoms with E-state index >= 15 is 0 Å². The Bertz CT molecular complexity index is 1050. The maximum Gasteiger partial charge on any atom is 0.338 e. The highest BCUT2D eigenvalue weighted by molar-refractivity contribution is 5.96. The predicted molar refractivity (Wildman–Crippen MR) is 107 cm³/mol. The van der Waals surface area contributed by atoms with Crippen molar-refractivity contribution in [3.05, 3.63) is 65.5 Å². The molecule has 2 amide bonds. The van der Waals surface area contributed by atoms with E-state index < -0.39 is 18.5 Å². The average Bonchev–Trinajstić information content (AvgIpc) is 3.29. The molecule has 0 aliphatic heterocycles. The first-order chi connectivity index (χ1) is 14.4. The standard InChI is InChI=1S/C20H20N6O4/c1-13-4-3-5-17(14(13)2)23-18(27)10-21-19(28)11-30-20(29)15-6-8-16(9-7-15)26-12-22-24-25-26/h3-9,12H,10-11H2,1-2H3,(H,21,28)(H,23,27). The number of benzene rings is 2. The number of carbonyl (C=O) groups is 3. The molecule has 154 valence electrons. The van der Waals surface area contributed by atoms with E-state index in [9.17, 15) is 14.4 Å². The Morgan fingerprint density at radius 2 is 1.80 bits per heavy atom. The van der Waals surface area contributed by atoms with Crippen molar-refractivity contribution in [2.45, 2.75) is 13.8 Å². The van der Waals surface area contributed by atoms with Gasteiger partial charge in [-0.1, -0.05) is 12.1 Å². The van der Waals surface area contributed by atoms with Crippen LogP contribution in [-0.4, -0.2) is 51.1 Å². The Morgan fingerprint density at radius 1 is 1.03 bits per heavy atom. The monoisotopic (exact) mass is 408 g/mol. The molecule has 0 unspecified atom stereocenters. The van der Waals surface area contributed by atoms with Crippen molar-refractivity contribution >= 4 is 23.5 Å². The van der Waals surface area contributed by atoms with Crippen LogP contribution in [-0.2, 0) is 14.3 Å². The molecule has 1 aromatic heterocycles. The number of nitrogens with zero attached hydrogens (tertiary/aromatic N) is 4. The van der Waals surface area contributed by atoms with Crippen molar-refractivity contribution in [1.29, 1.82) is 0 Å². The molecule has 10 heteroatoms. The quantitative estimate of drug-likeness (QED) is 0.562. The summed E-state index contributed by atoms with van der Waals surface area (Å²) in [6.07, 6.45) is 1.42. The zero-order valence-corrected chi connectivity index (χ0v) is 16.5. The van der Waals surface area contributed by atoms with Gasteiger partial charge in [0.05, 0.1) is 17.8 Å². The van der Waals surface area contributed by atoms with Crippen LogP contribution < -0.4 is 10.6 Å². The van der Waals surface area contributed by atoms with Crippen molar-refractivity contribution in [1.82, 2.24) is 25.5 Å². The molecule has 0 spiro atoms. The van der Waals surface area contributed by atoms with E-state index in [2.05, 4.69) is 26.2 Å². The van der Waals surface area contributed by atoms with Gasteiger partial charge in [0, 0.05) is 5.69 Å². The third-order valence-corrected chi connectivity index (χ3v) is 4.38. The van der Waals surface area contributed by atoms with Gasteiger partial charge in [-0.3, -0.25) is 9.59 Å². The molecule has 0 fully saturated rings. The van der Waals surface area contributed by atoms with Gasteiger partial charge in [0.15, 0.2) is 6.61 Å². The summed E-state index contributed by atoms with van der Waals surface area (Å²) < 4.78 is 6.41. The molecular formula is C20H20N6O4. The maximum absolute atomic E-state index is 12.1. The summed E-state index contributed by atoms with van der Waals surface area (Å²) in [7, 11) is 0. The van der Waals surface area contributed by atoms with Gasteiger partial charge in [-0.25, -0.2) is 9.48 Å². The highest BCUT2D eigenvalue weighted by Gasteiger charge is 2.12. The number of anilines is 1. The first kappa shape index (κ1) is 20.6. The van der Waals surface area contributed by atoms with Gasteiger partial charge in [0.1, 0.15) is 6.33 Å². The number of esters is 1. The van der Waals surface area contributed by atoms with E-state index in [4.69, 9.17) is 4.74 Å². The van der Waals surface area contributed by atoms with Crippen LogP contribution in [0.5, 0.6) is 0 Å². The first-order valence-electron chi connectivity index (χ1n) is 9.07. The number of carbonyl (C=O) groups excluding carboxylic acids is 3. The molecule has 10 nitrogen and oxygen atoms in total. The molecule has 3 rings (SSSR count). The lowest BCUT2D eigenvalue weighted by atomic mass is 10.1. The second-order valence-electron chi connectivity index (χ2n) is 6.45. The second kappa shape index (κ2) is 9.41. The van der Waals surface area contributed by atoms with Crippen LogP contribution in [0.15, 0.2) is 48.8 Å². The van der Waals surface area contributed by atoms with Gasteiger partial charge in [-0.05, 0) is 65.7 Å². The summed E-state index contributed by atoms with van der Waals surface area (Å²) in [6.45, 7) is 3.12. The lowest BCUT2D eigenvalue weighted by Crippen LogP contribution is -2.35. The summed E-state index contributed by atoms with van der Waals surface area (Å²) >= 11 is 0. The lowest BCUT2D eigenvalue weighted by molar-refractivity contribution is -0.126. The Morgan fingerprint density at radius 3 is 2.50 bits per heavy atom. The first-order valence-corrected chi connectivity index (χ1v) is 9.07. The molecule has 0 aliphatic rings. The van der Waals surface area contributed by atoms with E-state index in [-0.39, 0.29) is 18.0 Å². The van der Waals surface area contributed by atoms with Crippen LogP contribution in [0, 0.1) is 13.8 Å². The van der Waals surface area contributed by atoms with E-state index in [0.717, 1.165) is 11.1 Å². The minimum Gasteiger partial charge on any atom is -0.452 e. The fourth-order valence-electron chi connectivity index (χ4n) is 2.56. The number of ether oxygens (including phenoxy) is 1. The summed E-state index contributed by atoms with van der Waals surface area (Å²) in [4.78, 5) is 36.0. The van der Waals surface area contributed by atoms with Crippen molar-refractivity contribution in [2.75, 3.05) is 18.5 Å². The Labute approximate surface area is 172 Å². The molecule has 3 aromatic rings. The normalized spacial score (nSPS) is 10.3. The third-order valence-electron chi connectivity index (χ3n) is 4.38. The van der Waals surface area contributed by atoms with Gasteiger partial charge in [0.25, 0.3) is 5.91 Å². The maximum atomic E-state index is 12.1. The summed E-state index contributed by atoms with van der Waals surface area (Å²) in [5.41, 5.74) is 3.63. The van der Waals surface area contributed by atoms with Crippen LogP contribution in [0.1, 0.15) is 21.5 Å². The van der Waals surface area contributed by atoms with E-state index in [1.165, 1.54) is 23.1 Å². The third kappa shape index (κ3) is 5.25. The zero-order valence-electron chi connectivity index (χ0n) is 16.5. The number of rotatable bonds is 7. The smallest absolute Gasteiger partial charge is 0.338 e. The zero-order chi connectivity index (χ0) is 21.5. The number of hydrogen-bond donors (Lipinski definition) is 2. The molecule has 0 bridgehead atoms.